The lowest BCUT2D eigenvalue weighted by Gasteiger charge is -2.10. The molecule has 0 spiro atoms. The van der Waals surface area contributed by atoms with Crippen LogP contribution < -0.4 is 26.2 Å². The van der Waals surface area contributed by atoms with Crippen LogP contribution >= 0.6 is 12.2 Å². The average molecular weight is 489 g/mol. The van der Waals surface area contributed by atoms with E-state index in [4.69, 9.17) is 17.0 Å². The molecule has 178 valence electrons. The number of nitrogens with one attached hydrogen (secondary N) is 4. The molecule has 9 heteroatoms. The van der Waals surface area contributed by atoms with Gasteiger partial charge in [0.05, 0.1) is 7.11 Å². The predicted octanol–water partition coefficient (Wildman–Crippen LogP) is 3.60. The summed E-state index contributed by atoms with van der Waals surface area (Å²) in [7, 11) is 1.55. The molecule has 3 aromatic rings. The standard InChI is InChI=1S/C26H24N4O4S/c1-17-6-5-8-20(16-17)24(32)27-21-13-10-19(11-14-21)25(33)29-30-26(35)28-23(31)15-12-18-7-3-4-9-22(18)34-2/h3-16H,1-2H3,(H,27,32)(H,29,33)(H2,28,30,31,35). The van der Waals surface area contributed by atoms with Crippen LogP contribution in [0, 0.1) is 6.92 Å². The maximum absolute atomic E-state index is 12.3. The molecule has 3 aromatic carbocycles. The Labute approximate surface area is 208 Å². The van der Waals surface area contributed by atoms with Crippen molar-refractivity contribution >= 4 is 46.8 Å². The third-order valence-electron chi connectivity index (χ3n) is 4.76. The van der Waals surface area contributed by atoms with E-state index >= 15 is 0 Å². The summed E-state index contributed by atoms with van der Waals surface area (Å²) in [6.07, 6.45) is 2.89. The molecule has 0 aliphatic rings. The van der Waals surface area contributed by atoms with Gasteiger partial charge in [0.1, 0.15) is 5.75 Å². The second-order valence-electron chi connectivity index (χ2n) is 7.37. The summed E-state index contributed by atoms with van der Waals surface area (Å²) in [5.74, 6) is -0.558. The van der Waals surface area contributed by atoms with Gasteiger partial charge in [-0.05, 0) is 67.7 Å². The molecule has 0 saturated heterocycles. The first kappa shape index (κ1) is 25.1. The molecular formula is C26H24N4O4S. The summed E-state index contributed by atoms with van der Waals surface area (Å²) in [5, 5.41) is 5.15. The lowest BCUT2D eigenvalue weighted by Crippen LogP contribution is -2.48. The van der Waals surface area contributed by atoms with Gasteiger partial charge < -0.3 is 10.1 Å². The van der Waals surface area contributed by atoms with Crippen molar-refractivity contribution in [2.75, 3.05) is 12.4 Å². The molecule has 3 amide bonds. The van der Waals surface area contributed by atoms with E-state index in [2.05, 4.69) is 21.5 Å². The highest BCUT2D eigenvalue weighted by Gasteiger charge is 2.09. The Morgan fingerprint density at radius 1 is 0.857 bits per heavy atom. The van der Waals surface area contributed by atoms with Crippen LogP contribution in [0.2, 0.25) is 0 Å². The summed E-state index contributed by atoms with van der Waals surface area (Å²) in [6.45, 7) is 1.91. The smallest absolute Gasteiger partial charge is 0.269 e. The van der Waals surface area contributed by atoms with Crippen molar-refractivity contribution in [3.05, 3.63) is 101 Å². The quantitative estimate of drug-likeness (QED) is 0.240. The molecule has 0 aliphatic heterocycles. The summed E-state index contributed by atoms with van der Waals surface area (Å²) in [4.78, 5) is 36.8. The Balaban J connectivity index is 1.47. The zero-order valence-electron chi connectivity index (χ0n) is 19.1. The largest absolute Gasteiger partial charge is 0.496 e. The fourth-order valence-electron chi connectivity index (χ4n) is 3.03. The Morgan fingerprint density at radius 2 is 1.60 bits per heavy atom. The van der Waals surface area contributed by atoms with Gasteiger partial charge >= 0.3 is 0 Å². The van der Waals surface area contributed by atoms with E-state index in [-0.39, 0.29) is 11.0 Å². The summed E-state index contributed by atoms with van der Waals surface area (Å²) in [6, 6.07) is 20.8. The predicted molar refractivity (Wildman–Crippen MR) is 139 cm³/mol. The Kier molecular flexibility index (Phi) is 8.69. The molecule has 0 unspecified atom stereocenters. The Bertz CT molecular complexity index is 1270. The fourth-order valence-corrected chi connectivity index (χ4v) is 3.19. The highest BCUT2D eigenvalue weighted by Crippen LogP contribution is 2.18. The van der Waals surface area contributed by atoms with Crippen molar-refractivity contribution in [1.82, 2.24) is 16.2 Å². The first-order valence-corrected chi connectivity index (χ1v) is 11.0. The van der Waals surface area contributed by atoms with Crippen LogP contribution in [0.3, 0.4) is 0 Å². The topological polar surface area (TPSA) is 109 Å². The number of carbonyl (C=O) groups is 3. The molecule has 0 heterocycles. The van der Waals surface area contributed by atoms with Crippen LogP contribution in [0.25, 0.3) is 6.08 Å². The number of thiocarbonyl (C=S) groups is 1. The number of hydrazine groups is 1. The second-order valence-corrected chi connectivity index (χ2v) is 7.78. The van der Waals surface area contributed by atoms with Gasteiger partial charge in [0, 0.05) is 28.5 Å². The second kappa shape index (κ2) is 12.1. The maximum atomic E-state index is 12.3. The van der Waals surface area contributed by atoms with Gasteiger partial charge in [0.2, 0.25) is 5.91 Å². The molecule has 0 fully saturated rings. The molecule has 0 aliphatic carbocycles. The number of ether oxygens (including phenoxy) is 1. The number of hydrogen-bond acceptors (Lipinski definition) is 5. The molecule has 0 atom stereocenters. The van der Waals surface area contributed by atoms with Crippen molar-refractivity contribution in [3.63, 3.8) is 0 Å². The molecule has 3 rings (SSSR count). The van der Waals surface area contributed by atoms with Crippen LogP contribution in [0.4, 0.5) is 5.69 Å². The van der Waals surface area contributed by atoms with E-state index in [0.29, 0.717) is 22.6 Å². The van der Waals surface area contributed by atoms with Crippen molar-refractivity contribution in [2.45, 2.75) is 6.92 Å². The SMILES string of the molecule is COc1ccccc1C=CC(=O)NC(=S)NNC(=O)c1ccc(NC(=O)c2cccc(C)c2)cc1. The zero-order chi connectivity index (χ0) is 25.2. The van der Waals surface area contributed by atoms with E-state index in [1.54, 1.807) is 61.7 Å². The molecule has 8 nitrogen and oxygen atoms in total. The summed E-state index contributed by atoms with van der Waals surface area (Å²) < 4.78 is 5.23. The number of para-hydroxylation sites is 1. The van der Waals surface area contributed by atoms with Crippen molar-refractivity contribution in [2.24, 2.45) is 0 Å². The molecular weight excluding hydrogens is 464 g/mol. The summed E-state index contributed by atoms with van der Waals surface area (Å²) >= 11 is 5.04. The van der Waals surface area contributed by atoms with E-state index in [9.17, 15) is 14.4 Å². The lowest BCUT2D eigenvalue weighted by molar-refractivity contribution is -0.115. The third kappa shape index (κ3) is 7.51. The number of benzene rings is 3. The number of rotatable bonds is 6. The molecule has 0 saturated carbocycles. The van der Waals surface area contributed by atoms with Gasteiger partial charge in [-0.3, -0.25) is 30.6 Å². The summed E-state index contributed by atoms with van der Waals surface area (Å²) in [5.41, 5.74) is 8.03. The number of carbonyl (C=O) groups excluding carboxylic acids is 3. The minimum Gasteiger partial charge on any atom is -0.496 e. The monoisotopic (exact) mass is 488 g/mol. The minimum atomic E-state index is -0.476. The molecule has 0 radical (unpaired) electrons. The van der Waals surface area contributed by atoms with Gasteiger partial charge in [0.15, 0.2) is 5.11 Å². The molecule has 0 aromatic heterocycles. The van der Waals surface area contributed by atoms with Crippen molar-refractivity contribution in [1.29, 1.82) is 0 Å². The van der Waals surface area contributed by atoms with Gasteiger partial charge in [-0.15, -0.1) is 0 Å². The highest BCUT2D eigenvalue weighted by molar-refractivity contribution is 7.80. The van der Waals surface area contributed by atoms with Gasteiger partial charge in [0.25, 0.3) is 11.8 Å². The van der Waals surface area contributed by atoms with E-state index in [0.717, 1.165) is 11.1 Å². The van der Waals surface area contributed by atoms with E-state index in [1.807, 2.05) is 31.2 Å². The van der Waals surface area contributed by atoms with Crippen LogP contribution in [0.1, 0.15) is 31.8 Å². The van der Waals surface area contributed by atoms with E-state index < -0.39 is 11.8 Å². The lowest BCUT2D eigenvalue weighted by atomic mass is 10.1. The third-order valence-corrected chi connectivity index (χ3v) is 4.97. The number of amides is 3. The van der Waals surface area contributed by atoms with Crippen LogP contribution in [0.15, 0.2) is 78.9 Å². The first-order chi connectivity index (χ1) is 16.9. The Morgan fingerprint density at radius 3 is 2.31 bits per heavy atom. The number of hydrogen-bond donors (Lipinski definition) is 4. The van der Waals surface area contributed by atoms with Gasteiger partial charge in [-0.2, -0.15) is 0 Å². The fraction of sp³-hybridized carbons (Fsp3) is 0.0769. The van der Waals surface area contributed by atoms with E-state index in [1.165, 1.54) is 6.08 Å². The normalized spacial score (nSPS) is 10.3. The van der Waals surface area contributed by atoms with Crippen LogP contribution in [-0.4, -0.2) is 29.9 Å². The number of aryl methyl sites for hydroxylation is 1. The molecule has 4 N–H and O–H groups in total. The first-order valence-electron chi connectivity index (χ1n) is 10.6. The van der Waals surface area contributed by atoms with Gasteiger partial charge in [-0.25, -0.2) is 0 Å². The Hall–Kier alpha value is -4.50. The number of methoxy groups -OCH3 is 1. The maximum Gasteiger partial charge on any atom is 0.269 e. The minimum absolute atomic E-state index is 0.0740. The van der Waals surface area contributed by atoms with Crippen LogP contribution in [-0.2, 0) is 4.79 Å². The van der Waals surface area contributed by atoms with Crippen molar-refractivity contribution in [3.8, 4) is 5.75 Å². The number of anilines is 1. The van der Waals surface area contributed by atoms with Gasteiger partial charge in [-0.1, -0.05) is 35.9 Å². The highest BCUT2D eigenvalue weighted by atomic mass is 32.1. The van der Waals surface area contributed by atoms with Crippen molar-refractivity contribution < 1.29 is 19.1 Å². The van der Waals surface area contributed by atoms with Crippen LogP contribution in [0.5, 0.6) is 5.75 Å². The average Bonchev–Trinajstić information content (AvgIpc) is 2.86. The zero-order valence-corrected chi connectivity index (χ0v) is 19.9. The molecule has 35 heavy (non-hydrogen) atoms. The molecule has 0 bridgehead atoms.